The van der Waals surface area contributed by atoms with Gasteiger partial charge in [-0.2, -0.15) is 0 Å². The second kappa shape index (κ2) is 26.2. The molecule has 1 aromatic rings. The van der Waals surface area contributed by atoms with Gasteiger partial charge in [0.2, 0.25) is 0 Å². The fourth-order valence-corrected chi connectivity index (χ4v) is 4.95. The first-order valence-corrected chi connectivity index (χ1v) is 16.9. The van der Waals surface area contributed by atoms with Crippen LogP contribution in [0.1, 0.15) is 135 Å². The van der Waals surface area contributed by atoms with Crippen molar-refractivity contribution in [2.75, 3.05) is 7.05 Å². The molecule has 3 rings (SSSR count). The fourth-order valence-electron chi connectivity index (χ4n) is 4.95. The molecule has 2 N–H and O–H groups in total. The van der Waals surface area contributed by atoms with Crippen LogP contribution in [0.2, 0.25) is 0 Å². The lowest BCUT2D eigenvalue weighted by Crippen LogP contribution is -2.37. The van der Waals surface area contributed by atoms with E-state index in [1.165, 1.54) is 48.1 Å². The summed E-state index contributed by atoms with van der Waals surface area (Å²) >= 11 is 0. The molecule has 0 amide bonds. The molecule has 3 atom stereocenters. The van der Waals surface area contributed by atoms with Crippen LogP contribution in [0.25, 0.3) is 5.70 Å². The first kappa shape index (κ1) is 44.0. The van der Waals surface area contributed by atoms with Crippen LogP contribution in [0.4, 0.5) is 0 Å². The Balaban J connectivity index is -0.000000508. The smallest absolute Gasteiger partial charge is 0.0447 e. The molecule has 1 heterocycles. The molecule has 0 saturated heterocycles. The summed E-state index contributed by atoms with van der Waals surface area (Å²) in [6.07, 6.45) is 17.9. The maximum Gasteiger partial charge on any atom is 0.0447 e. The molecule has 2 aliphatic rings. The molecule has 42 heavy (non-hydrogen) atoms. The van der Waals surface area contributed by atoms with Gasteiger partial charge in [-0.25, -0.2) is 0 Å². The number of likely N-dealkylation sites (N-methyl/N-ethyl adjacent to an activating group) is 1. The molecular weight excluding hydrogens is 508 g/mol. The molecule has 1 aromatic carbocycles. The summed E-state index contributed by atoms with van der Waals surface area (Å²) in [4.78, 5) is 2.31. The highest BCUT2D eigenvalue weighted by molar-refractivity contribution is 5.68. The van der Waals surface area contributed by atoms with E-state index in [-0.39, 0.29) is 0 Å². The van der Waals surface area contributed by atoms with Gasteiger partial charge in [-0.05, 0) is 87.3 Å². The van der Waals surface area contributed by atoms with Crippen molar-refractivity contribution in [3.63, 3.8) is 0 Å². The van der Waals surface area contributed by atoms with E-state index in [2.05, 4.69) is 96.0 Å². The van der Waals surface area contributed by atoms with Crippen LogP contribution in [0, 0.1) is 17.3 Å². The molecule has 2 nitrogen and oxygen atoms in total. The minimum atomic E-state index is 0.477. The van der Waals surface area contributed by atoms with Crippen LogP contribution in [0.15, 0.2) is 83.6 Å². The van der Waals surface area contributed by atoms with Crippen molar-refractivity contribution in [2.24, 2.45) is 23.0 Å². The van der Waals surface area contributed by atoms with Gasteiger partial charge >= 0.3 is 0 Å². The molecular formula is C40H72N2. The molecule has 0 aromatic heterocycles. The van der Waals surface area contributed by atoms with Crippen LogP contribution >= 0.6 is 0 Å². The van der Waals surface area contributed by atoms with Crippen molar-refractivity contribution in [3.8, 4) is 0 Å². The van der Waals surface area contributed by atoms with E-state index in [0.717, 1.165) is 17.4 Å². The van der Waals surface area contributed by atoms with Gasteiger partial charge in [0.15, 0.2) is 0 Å². The Bertz CT molecular complexity index is 926. The number of hydrogen-bond acceptors (Lipinski definition) is 2. The summed E-state index contributed by atoms with van der Waals surface area (Å²) < 4.78 is 0. The highest BCUT2D eigenvalue weighted by Crippen LogP contribution is 2.49. The van der Waals surface area contributed by atoms with Crippen molar-refractivity contribution in [1.29, 1.82) is 0 Å². The Morgan fingerprint density at radius 1 is 0.929 bits per heavy atom. The minimum Gasteiger partial charge on any atom is -0.404 e. The molecule has 242 valence electrons. The molecule has 0 radical (unpaired) electrons. The topological polar surface area (TPSA) is 29.3 Å². The summed E-state index contributed by atoms with van der Waals surface area (Å²) in [6.45, 7) is 32.0. The number of rotatable bonds is 6. The number of allylic oxidation sites excluding steroid dienone is 7. The third-order valence-corrected chi connectivity index (χ3v) is 8.47. The third-order valence-electron chi connectivity index (χ3n) is 8.47. The van der Waals surface area contributed by atoms with E-state index >= 15 is 0 Å². The zero-order valence-corrected chi connectivity index (χ0v) is 30.9. The molecule has 1 aliphatic heterocycles. The summed E-state index contributed by atoms with van der Waals surface area (Å²) in [7, 11) is 2.15. The van der Waals surface area contributed by atoms with Crippen LogP contribution in [-0.2, 0) is 0 Å². The average molecular weight is 581 g/mol. The maximum atomic E-state index is 5.32. The van der Waals surface area contributed by atoms with Gasteiger partial charge in [-0.15, -0.1) is 0 Å². The number of hydrogen-bond donors (Lipinski definition) is 1. The van der Waals surface area contributed by atoms with E-state index in [0.29, 0.717) is 11.5 Å². The van der Waals surface area contributed by atoms with E-state index in [4.69, 9.17) is 5.73 Å². The second-order valence-electron chi connectivity index (χ2n) is 10.9. The molecule has 1 saturated carbocycles. The van der Waals surface area contributed by atoms with E-state index in [9.17, 15) is 0 Å². The molecule has 1 aliphatic carbocycles. The number of nitrogens with two attached hydrogens (primary N) is 1. The zero-order valence-electron chi connectivity index (χ0n) is 30.9. The normalized spacial score (nSPS) is 19.7. The van der Waals surface area contributed by atoms with Crippen LogP contribution in [-0.4, -0.2) is 18.0 Å². The van der Waals surface area contributed by atoms with Crippen LogP contribution in [0.5, 0.6) is 0 Å². The van der Waals surface area contributed by atoms with Gasteiger partial charge in [0, 0.05) is 18.8 Å². The van der Waals surface area contributed by atoms with Gasteiger partial charge in [-0.1, -0.05) is 149 Å². The lowest BCUT2D eigenvalue weighted by molar-refractivity contribution is 0.0332. The predicted octanol–water partition coefficient (Wildman–Crippen LogP) is 12.6. The zero-order chi connectivity index (χ0) is 33.3. The SMILES string of the molecule is CC.CC.CC.CC1=CC(C)N(C)C(c2ccccc2)=C1.CCC(C)(CC)C1CCC1C.C\C=C/C=C(C)/C(C)=C/N. The summed E-state index contributed by atoms with van der Waals surface area (Å²) in [5, 5.41) is 0. The summed E-state index contributed by atoms with van der Waals surface area (Å²) in [6, 6.07) is 11.0. The Morgan fingerprint density at radius 3 is 1.81 bits per heavy atom. The van der Waals surface area contributed by atoms with Crippen LogP contribution < -0.4 is 5.73 Å². The quantitative estimate of drug-likeness (QED) is 0.339. The first-order chi connectivity index (χ1) is 20.0. The third kappa shape index (κ3) is 15.7. The summed E-state index contributed by atoms with van der Waals surface area (Å²) in [5.41, 5.74) is 12.2. The Kier molecular flexibility index (Phi) is 27.4. The van der Waals surface area contributed by atoms with E-state index in [1.807, 2.05) is 80.5 Å². The van der Waals surface area contributed by atoms with E-state index in [1.54, 1.807) is 6.20 Å². The predicted molar refractivity (Wildman–Crippen MR) is 197 cm³/mol. The Hall–Kier alpha value is -2.48. The van der Waals surface area contributed by atoms with Gasteiger partial charge < -0.3 is 10.6 Å². The van der Waals surface area contributed by atoms with Crippen molar-refractivity contribution in [1.82, 2.24) is 4.90 Å². The van der Waals surface area contributed by atoms with Gasteiger partial charge in [0.1, 0.15) is 0 Å². The average Bonchev–Trinajstić information content (AvgIpc) is 3.04. The van der Waals surface area contributed by atoms with Gasteiger partial charge in [0.05, 0.1) is 0 Å². The van der Waals surface area contributed by atoms with Crippen molar-refractivity contribution < 1.29 is 0 Å². The van der Waals surface area contributed by atoms with Gasteiger partial charge in [0.25, 0.3) is 0 Å². The van der Waals surface area contributed by atoms with Gasteiger partial charge in [-0.3, -0.25) is 0 Å². The summed E-state index contributed by atoms with van der Waals surface area (Å²) in [5.74, 6) is 2.03. The fraction of sp³-hybridized carbons (Fsp3) is 0.600. The number of nitrogens with zero attached hydrogens (tertiary/aromatic N) is 1. The van der Waals surface area contributed by atoms with Crippen molar-refractivity contribution in [2.45, 2.75) is 136 Å². The molecule has 0 spiro atoms. The largest absolute Gasteiger partial charge is 0.404 e. The maximum absolute atomic E-state index is 5.32. The lowest BCUT2D eigenvalue weighted by atomic mass is 9.58. The minimum absolute atomic E-state index is 0.477. The molecule has 2 heteroatoms. The molecule has 1 fully saturated rings. The highest BCUT2D eigenvalue weighted by Gasteiger charge is 2.39. The lowest BCUT2D eigenvalue weighted by Gasteiger charge is -2.47. The monoisotopic (exact) mass is 581 g/mol. The van der Waals surface area contributed by atoms with Crippen molar-refractivity contribution >= 4 is 5.70 Å². The first-order valence-electron chi connectivity index (χ1n) is 16.9. The van der Waals surface area contributed by atoms with Crippen molar-refractivity contribution in [3.05, 3.63) is 89.2 Å². The Morgan fingerprint density at radius 2 is 1.45 bits per heavy atom. The molecule has 3 unspecified atom stereocenters. The molecule has 0 bridgehead atoms. The second-order valence-corrected chi connectivity index (χ2v) is 10.9. The highest BCUT2D eigenvalue weighted by atomic mass is 15.1. The standard InChI is InChI=1S/C14H17N.C11H22.C9H15N.3C2H6/c1-11-9-12(2)15(3)14(10-11)13-7-5-4-6-8-13;1-5-11(4,6-2)10-8-7-9(10)3;1-4-5-6-8(2)9(3)7-10;3*1-2/h4-10,12H,1-3H3;9-10H,5-8H2,1-4H3;4-7H,10H2,1-3H3;3*1-2H3/b;;5-4-,8-6+,9-7+;;;. The van der Waals surface area contributed by atoms with E-state index < -0.39 is 0 Å². The number of benzene rings is 1. The van der Waals surface area contributed by atoms with Crippen LogP contribution in [0.3, 0.4) is 0 Å². The Labute approximate surface area is 265 Å².